The summed E-state index contributed by atoms with van der Waals surface area (Å²) in [5.74, 6) is 1.94. The molecule has 2 aromatic rings. The molecular weight excluding hydrogens is 511 g/mol. The van der Waals surface area contributed by atoms with Crippen LogP contribution in [0.25, 0.3) is 0 Å². The average Bonchev–Trinajstić information content (AvgIpc) is 2.73. The van der Waals surface area contributed by atoms with E-state index < -0.39 is 0 Å². The van der Waals surface area contributed by atoms with Gasteiger partial charge >= 0.3 is 0 Å². The maximum absolute atomic E-state index is 6.00. The molecule has 1 saturated heterocycles. The van der Waals surface area contributed by atoms with E-state index >= 15 is 0 Å². The Labute approximate surface area is 202 Å². The molecule has 0 atom stereocenters. The van der Waals surface area contributed by atoms with Gasteiger partial charge in [-0.1, -0.05) is 29.8 Å². The molecule has 1 aliphatic rings. The molecule has 1 N–H and O–H groups in total. The SMILES string of the molecule is CCNC(=NCc1cccnc1N1CCN(C)CC1)N(C)Cc1ccc(Cl)cc1.I. The second-order valence-corrected chi connectivity index (χ2v) is 7.87. The molecule has 0 spiro atoms. The van der Waals surface area contributed by atoms with E-state index in [-0.39, 0.29) is 24.0 Å². The lowest BCUT2D eigenvalue weighted by Crippen LogP contribution is -2.45. The molecule has 0 radical (unpaired) electrons. The number of anilines is 1. The topological polar surface area (TPSA) is 47.0 Å². The number of nitrogens with one attached hydrogen (secondary N) is 1. The van der Waals surface area contributed by atoms with Crippen LogP contribution in [0.5, 0.6) is 0 Å². The second kappa shape index (κ2) is 12.3. The van der Waals surface area contributed by atoms with Gasteiger partial charge < -0.3 is 20.0 Å². The van der Waals surface area contributed by atoms with Crippen molar-refractivity contribution in [1.29, 1.82) is 0 Å². The van der Waals surface area contributed by atoms with Gasteiger partial charge in [0.15, 0.2) is 5.96 Å². The predicted molar refractivity (Wildman–Crippen MR) is 137 cm³/mol. The monoisotopic (exact) mass is 542 g/mol. The summed E-state index contributed by atoms with van der Waals surface area (Å²) < 4.78 is 0. The highest BCUT2D eigenvalue weighted by molar-refractivity contribution is 14.0. The molecule has 0 aliphatic carbocycles. The minimum absolute atomic E-state index is 0. The van der Waals surface area contributed by atoms with Crippen molar-refractivity contribution in [3.63, 3.8) is 0 Å². The fourth-order valence-electron chi connectivity index (χ4n) is 3.42. The molecule has 1 aromatic carbocycles. The van der Waals surface area contributed by atoms with E-state index in [9.17, 15) is 0 Å². The first-order chi connectivity index (χ1) is 14.1. The molecule has 2 heterocycles. The van der Waals surface area contributed by atoms with Crippen LogP contribution < -0.4 is 10.2 Å². The molecule has 1 aromatic heterocycles. The second-order valence-electron chi connectivity index (χ2n) is 7.43. The third kappa shape index (κ3) is 6.99. The third-order valence-electron chi connectivity index (χ3n) is 5.10. The van der Waals surface area contributed by atoms with Crippen molar-refractivity contribution in [2.75, 3.05) is 51.7 Å². The number of aromatic nitrogens is 1. The van der Waals surface area contributed by atoms with E-state index in [1.807, 2.05) is 24.4 Å². The Bertz CT molecular complexity index is 806. The molecule has 1 aliphatic heterocycles. The van der Waals surface area contributed by atoms with Crippen LogP contribution >= 0.6 is 35.6 Å². The van der Waals surface area contributed by atoms with Crippen molar-refractivity contribution in [3.8, 4) is 0 Å². The number of benzene rings is 1. The third-order valence-corrected chi connectivity index (χ3v) is 5.35. The van der Waals surface area contributed by atoms with Crippen LogP contribution in [0, 0.1) is 0 Å². The number of nitrogens with zero attached hydrogens (tertiary/aromatic N) is 5. The molecule has 164 valence electrons. The Morgan fingerprint density at radius 1 is 1.17 bits per heavy atom. The molecule has 0 bridgehead atoms. The number of rotatable bonds is 6. The van der Waals surface area contributed by atoms with Crippen molar-refractivity contribution in [2.24, 2.45) is 4.99 Å². The summed E-state index contributed by atoms with van der Waals surface area (Å²) in [7, 11) is 4.22. The molecule has 0 amide bonds. The van der Waals surface area contributed by atoms with Gasteiger partial charge in [-0.3, -0.25) is 0 Å². The van der Waals surface area contributed by atoms with E-state index in [4.69, 9.17) is 16.6 Å². The highest BCUT2D eigenvalue weighted by Crippen LogP contribution is 2.20. The normalized spacial score (nSPS) is 14.9. The van der Waals surface area contributed by atoms with Crippen molar-refractivity contribution in [3.05, 3.63) is 58.7 Å². The fraction of sp³-hybridized carbons (Fsp3) is 0.455. The van der Waals surface area contributed by atoms with Gasteiger partial charge in [0.1, 0.15) is 5.82 Å². The van der Waals surface area contributed by atoms with Crippen molar-refractivity contribution in [2.45, 2.75) is 20.0 Å². The van der Waals surface area contributed by atoms with Crippen molar-refractivity contribution < 1.29 is 0 Å². The molecule has 1 fully saturated rings. The van der Waals surface area contributed by atoms with Crippen LogP contribution in [0.15, 0.2) is 47.6 Å². The fourth-order valence-corrected chi connectivity index (χ4v) is 3.55. The lowest BCUT2D eigenvalue weighted by molar-refractivity contribution is 0.312. The van der Waals surface area contributed by atoms with Gasteiger partial charge in [0.2, 0.25) is 0 Å². The smallest absolute Gasteiger partial charge is 0.194 e. The number of likely N-dealkylation sites (N-methyl/N-ethyl adjacent to an activating group) is 1. The minimum atomic E-state index is 0. The first kappa shape index (κ1) is 24.7. The first-order valence-electron chi connectivity index (χ1n) is 10.2. The molecule has 3 rings (SSSR count). The van der Waals surface area contributed by atoms with E-state index in [1.54, 1.807) is 0 Å². The highest BCUT2D eigenvalue weighted by Gasteiger charge is 2.18. The number of hydrogen-bond acceptors (Lipinski definition) is 4. The molecule has 8 heteroatoms. The maximum Gasteiger partial charge on any atom is 0.194 e. The van der Waals surface area contributed by atoms with Gasteiger partial charge in [0, 0.05) is 63.1 Å². The van der Waals surface area contributed by atoms with Crippen LogP contribution in [0.4, 0.5) is 5.82 Å². The quantitative estimate of drug-likeness (QED) is 0.343. The Morgan fingerprint density at radius 2 is 1.87 bits per heavy atom. The Morgan fingerprint density at radius 3 is 2.53 bits per heavy atom. The van der Waals surface area contributed by atoms with Gasteiger partial charge in [-0.05, 0) is 37.7 Å². The zero-order valence-corrected chi connectivity index (χ0v) is 21.1. The Hall–Kier alpha value is -1.58. The van der Waals surface area contributed by atoms with Gasteiger partial charge in [-0.15, -0.1) is 24.0 Å². The van der Waals surface area contributed by atoms with Crippen LogP contribution in [0.1, 0.15) is 18.1 Å². The Balaban J connectivity index is 0.00000320. The lowest BCUT2D eigenvalue weighted by atomic mass is 10.2. The molecule has 30 heavy (non-hydrogen) atoms. The molecule has 0 saturated carbocycles. The Kier molecular flexibility index (Phi) is 10.1. The van der Waals surface area contributed by atoms with E-state index in [0.29, 0.717) is 6.54 Å². The summed E-state index contributed by atoms with van der Waals surface area (Å²) in [6, 6.07) is 12.1. The van der Waals surface area contributed by atoms with E-state index in [0.717, 1.165) is 61.6 Å². The zero-order chi connectivity index (χ0) is 20.6. The van der Waals surface area contributed by atoms with Crippen LogP contribution in [0.3, 0.4) is 0 Å². The predicted octanol–water partition coefficient (Wildman–Crippen LogP) is 3.70. The summed E-state index contributed by atoms with van der Waals surface area (Å²) in [6.45, 7) is 8.40. The largest absolute Gasteiger partial charge is 0.357 e. The maximum atomic E-state index is 6.00. The van der Waals surface area contributed by atoms with Crippen molar-refractivity contribution >= 4 is 47.4 Å². The summed E-state index contributed by atoms with van der Waals surface area (Å²) in [5.41, 5.74) is 2.36. The zero-order valence-electron chi connectivity index (χ0n) is 18.0. The van der Waals surface area contributed by atoms with Crippen LogP contribution in [0.2, 0.25) is 5.02 Å². The van der Waals surface area contributed by atoms with E-state index in [2.05, 4.69) is 64.2 Å². The van der Waals surface area contributed by atoms with Gasteiger partial charge in [-0.25, -0.2) is 9.98 Å². The number of guanidine groups is 1. The summed E-state index contributed by atoms with van der Waals surface area (Å²) in [6.07, 6.45) is 1.87. The number of halogens is 2. The van der Waals surface area contributed by atoms with Gasteiger partial charge in [-0.2, -0.15) is 0 Å². The average molecular weight is 543 g/mol. The summed E-state index contributed by atoms with van der Waals surface area (Å²) >= 11 is 6.00. The highest BCUT2D eigenvalue weighted by atomic mass is 127. The minimum Gasteiger partial charge on any atom is -0.357 e. The van der Waals surface area contributed by atoms with Gasteiger partial charge in [0.25, 0.3) is 0 Å². The van der Waals surface area contributed by atoms with Crippen LogP contribution in [-0.4, -0.2) is 67.6 Å². The molecule has 0 unspecified atom stereocenters. The molecule has 6 nitrogen and oxygen atoms in total. The van der Waals surface area contributed by atoms with Crippen molar-refractivity contribution in [1.82, 2.24) is 20.1 Å². The molecular formula is C22H32ClIN6. The number of hydrogen-bond donors (Lipinski definition) is 1. The standard InChI is InChI=1S/C22H31ClN6.HI/c1-4-24-22(28(3)17-18-7-9-20(23)10-8-18)26-16-19-6-5-11-25-21(19)29-14-12-27(2)13-15-29;/h5-11H,4,12-17H2,1-3H3,(H,24,26);1H. The van der Waals surface area contributed by atoms with E-state index in [1.165, 1.54) is 5.56 Å². The summed E-state index contributed by atoms with van der Waals surface area (Å²) in [4.78, 5) is 16.4. The number of aliphatic imine (C=N–C) groups is 1. The van der Waals surface area contributed by atoms with Crippen LogP contribution in [-0.2, 0) is 13.1 Å². The first-order valence-corrected chi connectivity index (χ1v) is 10.6. The number of pyridine rings is 1. The van der Waals surface area contributed by atoms with Gasteiger partial charge in [0.05, 0.1) is 6.54 Å². The summed E-state index contributed by atoms with van der Waals surface area (Å²) in [5, 5.41) is 4.15. The number of piperazine rings is 1. The lowest BCUT2D eigenvalue weighted by Gasteiger charge is -2.34.